The van der Waals surface area contributed by atoms with E-state index in [-0.39, 0.29) is 0 Å². The van der Waals surface area contributed by atoms with Gasteiger partial charge < -0.3 is 4.74 Å². The van der Waals surface area contributed by atoms with Gasteiger partial charge in [0.25, 0.3) is 0 Å². The molecule has 0 unspecified atom stereocenters. The second kappa shape index (κ2) is 8.32. The van der Waals surface area contributed by atoms with Crippen LogP contribution in [-0.4, -0.2) is 11.2 Å². The molecule has 0 aliphatic heterocycles. The second-order valence-corrected chi connectivity index (χ2v) is 8.01. The molecule has 0 radical (unpaired) electrons. The molecule has 0 saturated heterocycles. The summed E-state index contributed by atoms with van der Waals surface area (Å²) < 4.78 is 10.3. The zero-order chi connectivity index (χ0) is 21.2. The summed E-state index contributed by atoms with van der Waals surface area (Å²) >= 11 is 6.04. The summed E-state index contributed by atoms with van der Waals surface area (Å²) in [5.74, 6) is 1.57. The molecule has 0 saturated carbocycles. The number of nitrogens with zero attached hydrogens (tertiary/aromatic N) is 2. The molecule has 2 N–H and O–H groups in total. The van der Waals surface area contributed by atoms with Gasteiger partial charge in [-0.1, -0.05) is 66.2 Å². The lowest BCUT2D eigenvalue weighted by Crippen LogP contribution is -2.37. The van der Waals surface area contributed by atoms with Crippen molar-refractivity contribution in [3.63, 3.8) is 0 Å². The molecule has 0 amide bonds. The summed E-state index contributed by atoms with van der Waals surface area (Å²) in [5, 5.41) is 3.11. The van der Waals surface area contributed by atoms with Gasteiger partial charge in [-0.25, -0.2) is 9.13 Å². The predicted octanol–water partition coefficient (Wildman–Crippen LogP) is 5.44. The predicted molar refractivity (Wildman–Crippen MR) is 127 cm³/mol. The van der Waals surface area contributed by atoms with Crippen molar-refractivity contribution < 1.29 is 9.30 Å². The number of rotatable bonds is 6. The first kappa shape index (κ1) is 19.5. The molecule has 5 aromatic rings. The molecule has 0 atom stereocenters. The van der Waals surface area contributed by atoms with Gasteiger partial charge in [0.15, 0.2) is 0 Å². The smallest absolute Gasteiger partial charge is 0.356 e. The van der Waals surface area contributed by atoms with E-state index in [1.54, 1.807) is 0 Å². The summed E-state index contributed by atoms with van der Waals surface area (Å²) in [5.41, 5.74) is 9.93. The highest BCUT2D eigenvalue weighted by atomic mass is 35.5. The van der Waals surface area contributed by atoms with Gasteiger partial charge in [-0.05, 0) is 52.7 Å². The van der Waals surface area contributed by atoms with Crippen molar-refractivity contribution in [2.75, 3.05) is 12.3 Å². The van der Waals surface area contributed by atoms with Crippen LogP contribution in [-0.2, 0) is 13.1 Å². The van der Waals surface area contributed by atoms with Gasteiger partial charge in [0.05, 0.1) is 6.54 Å². The van der Waals surface area contributed by atoms with Crippen molar-refractivity contribution in [2.24, 2.45) is 0 Å². The lowest BCUT2D eigenvalue weighted by atomic mass is 10.1. The molecule has 0 bridgehead atoms. The van der Waals surface area contributed by atoms with Crippen LogP contribution in [0.2, 0.25) is 5.02 Å². The molecule has 1 aromatic heterocycles. The van der Waals surface area contributed by atoms with Crippen LogP contribution in [0, 0.1) is 0 Å². The number of anilines is 1. The highest BCUT2D eigenvalue weighted by Gasteiger charge is 2.20. The zero-order valence-electron chi connectivity index (χ0n) is 17.0. The Hall–Kier alpha value is -3.50. The summed E-state index contributed by atoms with van der Waals surface area (Å²) in [6, 6.07) is 30.6. The van der Waals surface area contributed by atoms with E-state index >= 15 is 0 Å². The minimum Gasteiger partial charge on any atom is -0.490 e. The lowest BCUT2D eigenvalue weighted by Gasteiger charge is -2.07. The van der Waals surface area contributed by atoms with Gasteiger partial charge in [-0.3, -0.25) is 5.73 Å². The first-order valence-corrected chi connectivity index (χ1v) is 10.7. The van der Waals surface area contributed by atoms with Crippen LogP contribution in [0.15, 0.2) is 91.0 Å². The van der Waals surface area contributed by atoms with E-state index in [4.69, 9.17) is 22.1 Å². The zero-order valence-corrected chi connectivity index (χ0v) is 17.8. The molecular formula is C26H23ClN3O+. The quantitative estimate of drug-likeness (QED) is 0.366. The first-order chi connectivity index (χ1) is 15.2. The van der Waals surface area contributed by atoms with Gasteiger partial charge >= 0.3 is 5.95 Å². The molecule has 4 aromatic carbocycles. The SMILES string of the molecule is Nc1n(CCOc2ccc3ccccc3c2)c2ccccc2[n+]1Cc1ccc(Cl)cc1. The van der Waals surface area contributed by atoms with Gasteiger partial charge in [-0.2, -0.15) is 0 Å². The Kier molecular flexibility index (Phi) is 5.23. The molecular weight excluding hydrogens is 406 g/mol. The van der Waals surface area contributed by atoms with Crippen molar-refractivity contribution >= 4 is 39.4 Å². The van der Waals surface area contributed by atoms with Crippen molar-refractivity contribution in [3.05, 3.63) is 102 Å². The van der Waals surface area contributed by atoms with Gasteiger partial charge in [0.2, 0.25) is 0 Å². The Labute approximate surface area is 186 Å². The molecule has 0 fully saturated rings. The third-order valence-electron chi connectivity index (χ3n) is 5.57. The number of nitrogens with two attached hydrogens (primary N) is 1. The Morgan fingerprint density at radius 1 is 0.839 bits per heavy atom. The Bertz CT molecular complexity index is 1360. The maximum Gasteiger partial charge on any atom is 0.356 e. The second-order valence-electron chi connectivity index (χ2n) is 7.57. The molecule has 31 heavy (non-hydrogen) atoms. The number of aromatic nitrogens is 2. The Morgan fingerprint density at radius 2 is 1.58 bits per heavy atom. The van der Waals surface area contributed by atoms with E-state index in [0.29, 0.717) is 25.6 Å². The van der Waals surface area contributed by atoms with Crippen LogP contribution < -0.4 is 15.0 Å². The van der Waals surface area contributed by atoms with E-state index in [0.717, 1.165) is 27.4 Å². The van der Waals surface area contributed by atoms with Crippen LogP contribution >= 0.6 is 11.6 Å². The molecule has 1 heterocycles. The molecule has 4 nitrogen and oxygen atoms in total. The highest BCUT2D eigenvalue weighted by molar-refractivity contribution is 6.30. The van der Waals surface area contributed by atoms with Crippen LogP contribution in [0.4, 0.5) is 5.95 Å². The summed E-state index contributed by atoms with van der Waals surface area (Å²) in [4.78, 5) is 0. The number of hydrogen-bond acceptors (Lipinski definition) is 2. The van der Waals surface area contributed by atoms with Crippen LogP contribution in [0.25, 0.3) is 21.8 Å². The van der Waals surface area contributed by atoms with Crippen LogP contribution in [0.5, 0.6) is 5.75 Å². The normalized spacial score (nSPS) is 11.3. The number of halogens is 1. The van der Waals surface area contributed by atoms with Gasteiger partial charge in [-0.15, -0.1) is 0 Å². The number of fused-ring (bicyclic) bond motifs is 2. The minimum absolute atomic E-state index is 0.530. The number of ether oxygens (including phenoxy) is 1. The lowest BCUT2D eigenvalue weighted by molar-refractivity contribution is -0.648. The van der Waals surface area contributed by atoms with Crippen molar-refractivity contribution in [2.45, 2.75) is 13.1 Å². The molecule has 154 valence electrons. The maximum atomic E-state index is 6.59. The number of para-hydroxylation sites is 2. The van der Waals surface area contributed by atoms with E-state index in [1.807, 2.05) is 54.6 Å². The maximum absolute atomic E-state index is 6.59. The third-order valence-corrected chi connectivity index (χ3v) is 5.83. The summed E-state index contributed by atoms with van der Waals surface area (Å²) in [7, 11) is 0. The van der Waals surface area contributed by atoms with Crippen molar-refractivity contribution in [1.29, 1.82) is 0 Å². The van der Waals surface area contributed by atoms with Crippen molar-refractivity contribution in [3.8, 4) is 5.75 Å². The third kappa shape index (κ3) is 3.94. The fourth-order valence-electron chi connectivity index (χ4n) is 4.00. The van der Waals surface area contributed by atoms with Crippen molar-refractivity contribution in [1.82, 2.24) is 4.57 Å². The standard InChI is InChI=1S/C26H22ClN3O/c27-22-12-9-19(10-13-22)18-30-25-8-4-3-7-24(25)29(26(30)28)15-16-31-23-14-11-20-5-1-2-6-21(20)17-23/h1-14,17,28H,15-16,18H2/p+1. The van der Waals surface area contributed by atoms with E-state index in [1.165, 1.54) is 10.8 Å². The van der Waals surface area contributed by atoms with Gasteiger partial charge in [0.1, 0.15) is 29.9 Å². The van der Waals surface area contributed by atoms with E-state index in [2.05, 4.69) is 45.5 Å². The molecule has 0 aliphatic rings. The van der Waals surface area contributed by atoms with E-state index < -0.39 is 0 Å². The fraction of sp³-hybridized carbons (Fsp3) is 0.115. The average Bonchev–Trinajstić information content (AvgIpc) is 3.06. The average molecular weight is 429 g/mol. The van der Waals surface area contributed by atoms with Crippen LogP contribution in [0.3, 0.4) is 0 Å². The van der Waals surface area contributed by atoms with Gasteiger partial charge in [0, 0.05) is 5.02 Å². The molecule has 0 spiro atoms. The molecule has 5 heteroatoms. The number of imidazole rings is 1. The monoisotopic (exact) mass is 428 g/mol. The topological polar surface area (TPSA) is 44.1 Å². The fourth-order valence-corrected chi connectivity index (χ4v) is 4.12. The number of benzene rings is 4. The molecule has 0 aliphatic carbocycles. The number of hydrogen-bond donors (Lipinski definition) is 1. The first-order valence-electron chi connectivity index (χ1n) is 10.3. The number of nitrogen functional groups attached to an aromatic ring is 1. The van der Waals surface area contributed by atoms with Crippen LogP contribution in [0.1, 0.15) is 5.56 Å². The Morgan fingerprint density at radius 3 is 2.42 bits per heavy atom. The Balaban J connectivity index is 1.39. The van der Waals surface area contributed by atoms with E-state index in [9.17, 15) is 0 Å². The minimum atomic E-state index is 0.530. The summed E-state index contributed by atoms with van der Waals surface area (Å²) in [6.07, 6.45) is 0. The molecule has 5 rings (SSSR count). The largest absolute Gasteiger partial charge is 0.490 e. The summed E-state index contributed by atoms with van der Waals surface area (Å²) in [6.45, 7) is 1.87. The highest BCUT2D eigenvalue weighted by Crippen LogP contribution is 2.21.